The van der Waals surface area contributed by atoms with Crippen molar-refractivity contribution in [2.45, 2.75) is 141 Å². The lowest BCUT2D eigenvalue weighted by Crippen LogP contribution is -2.59. The molecule has 298 valence electrons. The van der Waals surface area contributed by atoms with E-state index in [1.54, 1.807) is 39.8 Å². The number of esters is 1. The Kier molecular flexibility index (Phi) is 13.8. The first kappa shape index (κ1) is 43.1. The van der Waals surface area contributed by atoms with Gasteiger partial charge in [-0.15, -0.1) is 0 Å². The number of rotatable bonds is 6. The maximum Gasteiger partial charge on any atom is 0.335 e. The molecular weight excluding hydrogens is 680 g/mol. The molecule has 0 spiro atoms. The molecule has 14 atom stereocenters. The van der Waals surface area contributed by atoms with Gasteiger partial charge in [-0.1, -0.05) is 51.1 Å². The van der Waals surface area contributed by atoms with Gasteiger partial charge in [-0.05, 0) is 103 Å². The predicted molar refractivity (Wildman–Crippen MR) is 203 cm³/mol. The molecule has 2 aliphatic rings. The molecule has 0 bridgehead atoms. The van der Waals surface area contributed by atoms with Crippen LogP contribution in [0.5, 0.6) is 0 Å². The van der Waals surface area contributed by atoms with Gasteiger partial charge in [-0.3, -0.25) is 4.79 Å². The SMILES string of the molecule is CC[C@H]1OC(=O)[C@H](C)[C@@H](O)[C@H](C)[C@@H](O[C@@H]2O[C@H](C)C[C@H](N(C)C)[C@H]2c2c(C(=O)O)ccc3ccccc23)[C@](C)(O)C[C@@H](C)CN(C)[C@H](C)[C@@H](O)[C@]1(C)O. The third-order valence-electron chi connectivity index (χ3n) is 12.0. The number of carbonyl (C=O) groups excluding carboxylic acids is 1. The first-order valence-corrected chi connectivity index (χ1v) is 19.1. The molecule has 0 aromatic heterocycles. The Morgan fingerprint density at radius 1 is 1.04 bits per heavy atom. The number of ether oxygens (including phenoxy) is 3. The van der Waals surface area contributed by atoms with E-state index in [-0.39, 0.29) is 36.5 Å². The van der Waals surface area contributed by atoms with Gasteiger partial charge >= 0.3 is 11.9 Å². The number of aromatic carboxylic acids is 1. The Bertz CT molecular complexity index is 1560. The number of fused-ring (bicyclic) bond motifs is 1. The van der Waals surface area contributed by atoms with Crippen LogP contribution in [0.2, 0.25) is 0 Å². The second kappa shape index (κ2) is 17.0. The van der Waals surface area contributed by atoms with Crippen LogP contribution in [0.3, 0.4) is 0 Å². The average molecular weight is 745 g/mol. The first-order chi connectivity index (χ1) is 24.6. The number of cyclic esters (lactones) is 1. The molecular formula is C41H64N2O10. The molecule has 5 N–H and O–H groups in total. The van der Waals surface area contributed by atoms with Crippen LogP contribution in [-0.2, 0) is 19.0 Å². The zero-order valence-corrected chi connectivity index (χ0v) is 33.4. The van der Waals surface area contributed by atoms with E-state index in [1.807, 2.05) is 69.1 Å². The number of hydrogen-bond acceptors (Lipinski definition) is 11. The van der Waals surface area contributed by atoms with Gasteiger partial charge in [-0.25, -0.2) is 4.79 Å². The van der Waals surface area contributed by atoms with Crippen molar-refractivity contribution < 1.29 is 49.3 Å². The summed E-state index contributed by atoms with van der Waals surface area (Å²) in [6.07, 6.45) is -5.17. The van der Waals surface area contributed by atoms with Crippen molar-refractivity contribution in [3.63, 3.8) is 0 Å². The Morgan fingerprint density at radius 3 is 2.28 bits per heavy atom. The van der Waals surface area contributed by atoms with E-state index < -0.39 is 77.6 Å². The Labute approximate surface area is 315 Å². The van der Waals surface area contributed by atoms with Crippen LogP contribution < -0.4 is 0 Å². The summed E-state index contributed by atoms with van der Waals surface area (Å²) in [5.41, 5.74) is -2.70. The fourth-order valence-corrected chi connectivity index (χ4v) is 8.94. The number of carboxylic acids is 1. The van der Waals surface area contributed by atoms with Crippen LogP contribution in [-0.4, -0.2) is 135 Å². The topological polar surface area (TPSA) is 169 Å². The quantitative estimate of drug-likeness (QED) is 0.267. The van der Waals surface area contributed by atoms with Crippen molar-refractivity contribution in [1.82, 2.24) is 9.80 Å². The smallest absolute Gasteiger partial charge is 0.335 e. The highest BCUT2D eigenvalue weighted by molar-refractivity contribution is 5.98. The number of benzene rings is 2. The summed E-state index contributed by atoms with van der Waals surface area (Å²) in [5, 5.41) is 59.4. The van der Waals surface area contributed by atoms with Crippen LogP contribution in [0.15, 0.2) is 36.4 Å². The van der Waals surface area contributed by atoms with Crippen molar-refractivity contribution in [1.29, 1.82) is 0 Å². The Morgan fingerprint density at radius 2 is 1.68 bits per heavy atom. The van der Waals surface area contributed by atoms with E-state index in [0.717, 1.165) is 10.8 Å². The minimum atomic E-state index is -1.79. The number of carbonyl (C=O) groups is 2. The van der Waals surface area contributed by atoms with Crippen LogP contribution in [0.4, 0.5) is 0 Å². The van der Waals surface area contributed by atoms with E-state index in [1.165, 1.54) is 13.8 Å². The van der Waals surface area contributed by atoms with Crippen molar-refractivity contribution in [2.75, 3.05) is 27.7 Å². The van der Waals surface area contributed by atoms with Gasteiger partial charge in [0.05, 0.1) is 41.3 Å². The van der Waals surface area contributed by atoms with Crippen molar-refractivity contribution in [3.8, 4) is 0 Å². The highest BCUT2D eigenvalue weighted by atomic mass is 16.7. The zero-order valence-electron chi connectivity index (χ0n) is 33.4. The number of aliphatic hydroxyl groups is 4. The largest absolute Gasteiger partial charge is 0.478 e. The molecule has 12 nitrogen and oxygen atoms in total. The predicted octanol–water partition coefficient (Wildman–Crippen LogP) is 4.25. The van der Waals surface area contributed by atoms with Crippen molar-refractivity contribution in [2.24, 2.45) is 17.8 Å². The van der Waals surface area contributed by atoms with Gasteiger partial charge < -0.3 is 49.5 Å². The average Bonchev–Trinajstić information content (AvgIpc) is 3.09. The summed E-state index contributed by atoms with van der Waals surface area (Å²) in [4.78, 5) is 30.5. The minimum Gasteiger partial charge on any atom is -0.478 e. The van der Waals surface area contributed by atoms with E-state index in [2.05, 4.69) is 0 Å². The molecule has 0 aliphatic carbocycles. The molecule has 4 rings (SSSR count). The third-order valence-corrected chi connectivity index (χ3v) is 12.0. The molecule has 0 unspecified atom stereocenters. The lowest BCUT2D eigenvalue weighted by atomic mass is 9.77. The van der Waals surface area contributed by atoms with Crippen molar-refractivity contribution in [3.05, 3.63) is 47.5 Å². The third kappa shape index (κ3) is 9.07. The van der Waals surface area contributed by atoms with Gasteiger partial charge in [0.2, 0.25) is 0 Å². The van der Waals surface area contributed by atoms with Crippen LogP contribution >= 0.6 is 0 Å². The van der Waals surface area contributed by atoms with E-state index >= 15 is 0 Å². The summed E-state index contributed by atoms with van der Waals surface area (Å²) in [6, 6.07) is 10.2. The Hall–Kier alpha value is -2.68. The lowest BCUT2D eigenvalue weighted by Gasteiger charge is -2.48. The van der Waals surface area contributed by atoms with Gasteiger partial charge in [0.15, 0.2) is 6.29 Å². The molecule has 2 fully saturated rings. The molecule has 2 aliphatic heterocycles. The van der Waals surface area contributed by atoms with Crippen LogP contribution in [0.1, 0.15) is 96.5 Å². The van der Waals surface area contributed by atoms with Gasteiger partial charge in [0.25, 0.3) is 0 Å². The monoisotopic (exact) mass is 744 g/mol. The molecule has 2 aromatic carbocycles. The summed E-state index contributed by atoms with van der Waals surface area (Å²) in [6.45, 7) is 14.2. The Balaban J connectivity index is 1.87. The number of aliphatic hydroxyl groups excluding tert-OH is 2. The van der Waals surface area contributed by atoms with E-state index in [0.29, 0.717) is 18.5 Å². The number of nitrogens with zero attached hydrogens (tertiary/aromatic N) is 2. The zero-order chi connectivity index (χ0) is 39.7. The molecule has 0 amide bonds. The van der Waals surface area contributed by atoms with Crippen LogP contribution in [0.25, 0.3) is 10.8 Å². The van der Waals surface area contributed by atoms with Gasteiger partial charge in [-0.2, -0.15) is 0 Å². The van der Waals surface area contributed by atoms with Crippen molar-refractivity contribution >= 4 is 22.7 Å². The number of hydrogen-bond donors (Lipinski definition) is 5. The second-order valence-corrected chi connectivity index (χ2v) is 16.7. The molecule has 2 aromatic rings. The van der Waals surface area contributed by atoms with Gasteiger partial charge in [0.1, 0.15) is 17.8 Å². The van der Waals surface area contributed by atoms with Gasteiger partial charge in [0, 0.05) is 24.5 Å². The first-order valence-electron chi connectivity index (χ1n) is 19.1. The highest BCUT2D eigenvalue weighted by Crippen LogP contribution is 2.44. The molecule has 2 saturated heterocycles. The minimum absolute atomic E-state index is 0.125. The normalized spacial score (nSPS) is 40.0. The summed E-state index contributed by atoms with van der Waals surface area (Å²) in [7, 11) is 5.71. The summed E-state index contributed by atoms with van der Waals surface area (Å²) >= 11 is 0. The highest BCUT2D eigenvalue weighted by Gasteiger charge is 2.51. The summed E-state index contributed by atoms with van der Waals surface area (Å²) < 4.78 is 19.4. The molecule has 0 radical (unpaired) electrons. The fraction of sp³-hybridized carbons (Fsp3) is 0.707. The van der Waals surface area contributed by atoms with Crippen LogP contribution in [0, 0.1) is 17.8 Å². The molecule has 53 heavy (non-hydrogen) atoms. The maximum atomic E-state index is 13.7. The molecule has 0 saturated carbocycles. The fourth-order valence-electron chi connectivity index (χ4n) is 8.94. The molecule has 12 heteroatoms. The summed E-state index contributed by atoms with van der Waals surface area (Å²) in [5.74, 6) is -4.61. The van der Waals surface area contributed by atoms with E-state index in [9.17, 15) is 35.1 Å². The standard InChI is InChI=1S/C41H64N2O10/c1-12-31-41(8,50)35(45)26(6)43(11)21-22(2)20-40(7,49)36(24(4)34(44)25(5)38(48)52-31)53-39-33(30(42(9)10)19-23(3)51-39)32-28-16-14-13-15-27(28)17-18-29(32)37(46)47/h13-18,22-26,30-31,33-36,39,44-45,49-50H,12,19-21H2,1-11H3,(H,46,47)/t22-,23-,24+,25-,26-,30+,31-,33+,34+,35-,36-,39+,40-,41-/m1/s1. The second-order valence-electron chi connectivity index (χ2n) is 16.7. The maximum absolute atomic E-state index is 13.7. The van der Waals surface area contributed by atoms with E-state index in [4.69, 9.17) is 14.2 Å². The number of likely N-dealkylation sites (N-methyl/N-ethyl adjacent to an activating group) is 2. The number of carboxylic acid groups (broad SMARTS) is 1. The molecule has 2 heterocycles. The lowest BCUT2D eigenvalue weighted by molar-refractivity contribution is -0.275.